The van der Waals surface area contributed by atoms with E-state index in [1.165, 1.54) is 15.9 Å². The Morgan fingerprint density at radius 1 is 1.33 bits per heavy atom. The third kappa shape index (κ3) is 2.90. The van der Waals surface area contributed by atoms with Gasteiger partial charge in [0.25, 0.3) is 0 Å². The molecule has 0 fully saturated rings. The highest BCUT2D eigenvalue weighted by Crippen LogP contribution is 2.40. The molecule has 1 aromatic carbocycles. The summed E-state index contributed by atoms with van der Waals surface area (Å²) in [5.41, 5.74) is 2.24. The third-order valence-corrected chi connectivity index (χ3v) is 5.26. The fourth-order valence-corrected chi connectivity index (χ4v) is 4.04. The number of aliphatic hydroxyl groups excluding tert-OH is 1. The van der Waals surface area contributed by atoms with Gasteiger partial charge in [0.1, 0.15) is 0 Å². The zero-order chi connectivity index (χ0) is 17.3. The van der Waals surface area contributed by atoms with Crippen LogP contribution in [0.3, 0.4) is 0 Å². The largest absolute Gasteiger partial charge is 0.492 e. The fraction of sp³-hybridized carbons (Fsp3) is 0.412. The number of aliphatic hydroxyl groups is 1. The van der Waals surface area contributed by atoms with Crippen molar-refractivity contribution in [3.8, 4) is 5.88 Å². The molecule has 6 nitrogen and oxygen atoms in total. The quantitative estimate of drug-likeness (QED) is 0.717. The Hall–Kier alpha value is -1.96. The summed E-state index contributed by atoms with van der Waals surface area (Å²) in [6.45, 7) is 4.60. The zero-order valence-corrected chi connectivity index (χ0v) is 14.9. The maximum Gasteiger partial charge on any atom is 0.230 e. The molecule has 24 heavy (non-hydrogen) atoms. The Labute approximate surface area is 145 Å². The van der Waals surface area contributed by atoms with Crippen molar-refractivity contribution in [2.24, 2.45) is 0 Å². The topological polar surface area (TPSA) is 73.9 Å². The molecule has 3 rings (SSSR count). The standard InChI is InChI=1S/C17H22N4O2S/c1-4-13-18-17-21(19-13)16(23)15(24-17)14(20(3)9-10-22)12-8-6-5-7-11(12)2/h5-8,14,22-23H,4,9-10H2,1-3H3. The van der Waals surface area contributed by atoms with Gasteiger partial charge in [-0.2, -0.15) is 4.52 Å². The van der Waals surface area contributed by atoms with Crippen LogP contribution in [0.2, 0.25) is 0 Å². The van der Waals surface area contributed by atoms with Crippen LogP contribution in [0.5, 0.6) is 5.88 Å². The Kier molecular flexibility index (Phi) is 4.84. The second-order valence-corrected chi connectivity index (χ2v) is 6.84. The van der Waals surface area contributed by atoms with E-state index >= 15 is 0 Å². The lowest BCUT2D eigenvalue weighted by Crippen LogP contribution is -2.28. The summed E-state index contributed by atoms with van der Waals surface area (Å²) < 4.78 is 1.51. The van der Waals surface area contributed by atoms with Crippen molar-refractivity contribution >= 4 is 16.3 Å². The van der Waals surface area contributed by atoms with E-state index in [-0.39, 0.29) is 18.5 Å². The molecule has 0 amide bonds. The molecule has 0 aliphatic rings. The zero-order valence-electron chi connectivity index (χ0n) is 14.1. The predicted molar refractivity (Wildman–Crippen MR) is 94.6 cm³/mol. The lowest BCUT2D eigenvalue weighted by Gasteiger charge is -2.28. The van der Waals surface area contributed by atoms with Crippen LogP contribution in [-0.2, 0) is 6.42 Å². The predicted octanol–water partition coefficient (Wildman–Crippen LogP) is 2.38. The van der Waals surface area contributed by atoms with Crippen LogP contribution in [0.1, 0.15) is 34.8 Å². The van der Waals surface area contributed by atoms with Crippen molar-refractivity contribution in [1.82, 2.24) is 19.5 Å². The molecule has 3 aromatic rings. The van der Waals surface area contributed by atoms with E-state index in [2.05, 4.69) is 29.1 Å². The lowest BCUT2D eigenvalue weighted by atomic mass is 9.99. The molecule has 2 heterocycles. The van der Waals surface area contributed by atoms with E-state index in [1.54, 1.807) is 0 Å². The molecular weight excluding hydrogens is 324 g/mol. The van der Waals surface area contributed by atoms with Gasteiger partial charge in [-0.05, 0) is 25.1 Å². The summed E-state index contributed by atoms with van der Waals surface area (Å²) >= 11 is 1.44. The Bertz CT molecular complexity index is 842. The second-order valence-electron chi connectivity index (χ2n) is 5.83. The minimum Gasteiger partial charge on any atom is -0.492 e. The maximum absolute atomic E-state index is 10.7. The maximum atomic E-state index is 10.7. The van der Waals surface area contributed by atoms with Crippen LogP contribution in [0.4, 0.5) is 0 Å². The summed E-state index contributed by atoms with van der Waals surface area (Å²) in [4.78, 5) is 7.97. The first kappa shape index (κ1) is 16.9. The van der Waals surface area contributed by atoms with E-state index in [0.717, 1.165) is 28.2 Å². The number of likely N-dealkylation sites (N-methyl/N-ethyl adjacent to an activating group) is 1. The van der Waals surface area contributed by atoms with E-state index in [4.69, 9.17) is 0 Å². The summed E-state index contributed by atoms with van der Waals surface area (Å²) in [6.07, 6.45) is 0.731. The van der Waals surface area contributed by atoms with Crippen LogP contribution in [0, 0.1) is 6.92 Å². The molecule has 0 radical (unpaired) electrons. The van der Waals surface area contributed by atoms with E-state index in [1.807, 2.05) is 31.0 Å². The van der Waals surface area contributed by atoms with Gasteiger partial charge in [0.2, 0.25) is 10.8 Å². The average Bonchev–Trinajstić information content (AvgIpc) is 3.10. The Balaban J connectivity index is 2.13. The third-order valence-electron chi connectivity index (χ3n) is 4.18. The van der Waals surface area contributed by atoms with E-state index in [0.29, 0.717) is 11.5 Å². The minimum absolute atomic E-state index is 0.0559. The van der Waals surface area contributed by atoms with Gasteiger partial charge in [-0.3, -0.25) is 4.90 Å². The summed E-state index contributed by atoms with van der Waals surface area (Å²) in [7, 11) is 1.94. The molecule has 128 valence electrons. The fourth-order valence-electron chi connectivity index (χ4n) is 2.88. The minimum atomic E-state index is -0.156. The Morgan fingerprint density at radius 2 is 2.08 bits per heavy atom. The number of thiazole rings is 1. The van der Waals surface area contributed by atoms with Gasteiger partial charge in [0, 0.05) is 13.0 Å². The van der Waals surface area contributed by atoms with Crippen molar-refractivity contribution in [3.63, 3.8) is 0 Å². The molecule has 0 saturated carbocycles. The number of aromatic nitrogens is 3. The second kappa shape index (κ2) is 6.88. The number of hydrogen-bond acceptors (Lipinski definition) is 6. The highest BCUT2D eigenvalue weighted by Gasteiger charge is 2.28. The molecule has 0 bridgehead atoms. The first-order chi connectivity index (χ1) is 11.6. The van der Waals surface area contributed by atoms with Gasteiger partial charge in [-0.25, -0.2) is 4.98 Å². The Morgan fingerprint density at radius 3 is 2.71 bits per heavy atom. The van der Waals surface area contributed by atoms with Crippen molar-refractivity contribution in [3.05, 3.63) is 46.1 Å². The van der Waals surface area contributed by atoms with Crippen LogP contribution in [0.15, 0.2) is 24.3 Å². The van der Waals surface area contributed by atoms with Crippen LogP contribution in [0.25, 0.3) is 4.96 Å². The molecule has 2 N–H and O–H groups in total. The number of aromatic hydroxyl groups is 1. The first-order valence-corrected chi connectivity index (χ1v) is 8.82. The van der Waals surface area contributed by atoms with E-state index in [9.17, 15) is 10.2 Å². The molecule has 1 unspecified atom stereocenters. The van der Waals surface area contributed by atoms with Gasteiger partial charge >= 0.3 is 0 Å². The number of benzene rings is 1. The molecule has 2 aromatic heterocycles. The first-order valence-electron chi connectivity index (χ1n) is 8.00. The van der Waals surface area contributed by atoms with Gasteiger partial charge in [0.15, 0.2) is 5.82 Å². The monoisotopic (exact) mass is 346 g/mol. The van der Waals surface area contributed by atoms with E-state index < -0.39 is 0 Å². The van der Waals surface area contributed by atoms with Crippen molar-refractivity contribution < 1.29 is 10.2 Å². The number of fused-ring (bicyclic) bond motifs is 1. The molecule has 0 aliphatic carbocycles. The molecule has 1 atom stereocenters. The molecular formula is C17H22N4O2S. The van der Waals surface area contributed by atoms with Crippen LogP contribution >= 0.6 is 11.3 Å². The molecule has 0 spiro atoms. The van der Waals surface area contributed by atoms with Gasteiger partial charge in [0.05, 0.1) is 17.5 Å². The number of rotatable bonds is 6. The smallest absolute Gasteiger partial charge is 0.230 e. The lowest BCUT2D eigenvalue weighted by molar-refractivity contribution is 0.196. The van der Waals surface area contributed by atoms with Crippen molar-refractivity contribution in [2.45, 2.75) is 26.3 Å². The van der Waals surface area contributed by atoms with Crippen molar-refractivity contribution in [1.29, 1.82) is 0 Å². The SMILES string of the molecule is CCc1nc2sc(C(c3ccccc3C)N(C)CCO)c(O)n2n1. The van der Waals surface area contributed by atoms with Crippen LogP contribution < -0.4 is 0 Å². The molecule has 7 heteroatoms. The van der Waals surface area contributed by atoms with Crippen LogP contribution in [-0.4, -0.2) is 49.9 Å². The van der Waals surface area contributed by atoms with Gasteiger partial charge in [-0.15, -0.1) is 5.10 Å². The van der Waals surface area contributed by atoms with Gasteiger partial charge < -0.3 is 10.2 Å². The number of nitrogens with zero attached hydrogens (tertiary/aromatic N) is 4. The van der Waals surface area contributed by atoms with Crippen molar-refractivity contribution in [2.75, 3.05) is 20.2 Å². The summed E-state index contributed by atoms with van der Waals surface area (Å²) in [5.74, 6) is 0.847. The number of hydrogen-bond donors (Lipinski definition) is 2. The number of aryl methyl sites for hydroxylation is 2. The molecule has 0 aliphatic heterocycles. The highest BCUT2D eigenvalue weighted by molar-refractivity contribution is 7.17. The molecule has 0 saturated heterocycles. The summed E-state index contributed by atoms with van der Waals surface area (Å²) in [5, 5.41) is 24.4. The van der Waals surface area contributed by atoms with Gasteiger partial charge in [-0.1, -0.05) is 42.5 Å². The average molecular weight is 346 g/mol. The summed E-state index contributed by atoms with van der Waals surface area (Å²) in [6, 6.07) is 7.94. The normalized spacial score (nSPS) is 13.0. The highest BCUT2D eigenvalue weighted by atomic mass is 32.1.